The Morgan fingerprint density at radius 1 is 0.370 bits per heavy atom. The van der Waals surface area contributed by atoms with E-state index in [9.17, 15) is 0 Å². The molecule has 0 aromatic heterocycles. The van der Waals surface area contributed by atoms with E-state index in [1.54, 1.807) is 48.5 Å². The molecule has 0 aliphatic carbocycles. The summed E-state index contributed by atoms with van der Waals surface area (Å²) in [6.07, 6.45) is -2.68. The van der Waals surface area contributed by atoms with Gasteiger partial charge in [0.05, 0.1) is 0 Å². The Morgan fingerprint density at radius 2 is 0.522 bits per heavy atom. The summed E-state index contributed by atoms with van der Waals surface area (Å²) in [5, 5.41) is 34.3. The molecule has 260 valence electrons. The third-order valence-corrected chi connectivity index (χ3v) is 95.0. The van der Waals surface area contributed by atoms with Crippen LogP contribution in [0.25, 0.3) is 0 Å². The fraction of sp³-hybridized carbons (Fsp3) is 0.647. The van der Waals surface area contributed by atoms with Crippen molar-refractivity contribution >= 4 is 97.2 Å². The van der Waals surface area contributed by atoms with Crippen LogP contribution in [-0.4, -0.2) is 118 Å². The van der Waals surface area contributed by atoms with Crippen molar-refractivity contribution in [1.29, 1.82) is 0 Å². The quantitative estimate of drug-likeness (QED) is 0.157. The summed E-state index contributed by atoms with van der Waals surface area (Å²) >= 11 is 3.01. The van der Waals surface area contributed by atoms with E-state index in [1.807, 2.05) is 12.1 Å². The molecular weight excluding hydrogens is 871 g/mol. The summed E-state index contributed by atoms with van der Waals surface area (Å²) in [6.45, 7) is 46.9. The summed E-state index contributed by atoms with van der Waals surface area (Å²) in [5.41, 5.74) is 1.05. The van der Waals surface area contributed by atoms with E-state index in [1.165, 1.54) is 48.7 Å². The van der Waals surface area contributed by atoms with Crippen LogP contribution in [0.4, 0.5) is 0 Å². The van der Waals surface area contributed by atoms with Crippen molar-refractivity contribution in [1.82, 2.24) is 0 Å². The first-order valence-corrected chi connectivity index (χ1v) is 40.8. The van der Waals surface area contributed by atoms with Gasteiger partial charge in [-0.25, -0.2) is 0 Å². The summed E-state index contributed by atoms with van der Waals surface area (Å²) < 4.78 is 1.72. The molecule has 0 heterocycles. The Morgan fingerprint density at radius 3 is 0.587 bits per heavy atom. The molecule has 4 radical (unpaired) electrons. The Hall–Kier alpha value is 1.32. The molecule has 0 aliphatic rings. The maximum absolute atomic E-state index is 8.58. The topological polar surface area (TPSA) is 80.9 Å². The van der Waals surface area contributed by atoms with Crippen LogP contribution in [0.15, 0.2) is 60.7 Å². The van der Waals surface area contributed by atoms with Gasteiger partial charge in [-0.1, -0.05) is 60.7 Å². The van der Waals surface area contributed by atoms with Gasteiger partial charge < -0.3 is 20.4 Å². The molecule has 0 amide bonds. The fourth-order valence-electron chi connectivity index (χ4n) is 8.00. The van der Waals surface area contributed by atoms with Crippen molar-refractivity contribution in [3.8, 4) is 0 Å². The average Bonchev–Trinajstić information content (AvgIpc) is 2.86. The summed E-state index contributed by atoms with van der Waals surface area (Å²) in [7, 11) is -6.00. The Balaban J connectivity index is 0. The minimum atomic E-state index is -1.34. The number of aliphatic hydroxyl groups excluding tert-OH is 2. The van der Waals surface area contributed by atoms with Crippen molar-refractivity contribution in [2.24, 2.45) is 0 Å². The molecule has 0 spiro atoms. The van der Waals surface area contributed by atoms with E-state index in [2.05, 4.69) is 118 Å². The monoisotopic (exact) mass is 940 g/mol. The van der Waals surface area contributed by atoms with Crippen molar-refractivity contribution < 1.29 is 20.4 Å². The molecule has 2 rings (SSSR count). The van der Waals surface area contributed by atoms with Crippen LogP contribution in [0.2, 0.25) is 122 Å². The first-order chi connectivity index (χ1) is 20.1. The van der Waals surface area contributed by atoms with E-state index in [0.717, 1.165) is 4.08 Å². The van der Waals surface area contributed by atoms with Crippen LogP contribution >= 0.6 is 0 Å². The zero-order valence-electron chi connectivity index (χ0n) is 32.9. The van der Waals surface area contributed by atoms with E-state index < -0.39 is 61.0 Å². The maximum Gasteiger partial charge on any atom is 0.178 e. The normalized spacial score (nSPS) is 13.6. The number of benzene rings is 2. The molecule has 4 N–H and O–H groups in total. The number of hydrogen-bond acceptors (Lipinski definition) is 4. The predicted octanol–water partition coefficient (Wildman–Crippen LogP) is 9.23. The Labute approximate surface area is 320 Å². The smallest absolute Gasteiger partial charge is 0.178 e. The van der Waals surface area contributed by atoms with Gasteiger partial charge in [-0.15, -0.1) is 0 Å². The molecule has 2 aromatic rings. The van der Waals surface area contributed by atoms with Crippen LogP contribution < -0.4 is 0 Å². The van der Waals surface area contributed by atoms with E-state index in [4.69, 9.17) is 20.4 Å². The zero-order chi connectivity index (χ0) is 37.4. The van der Waals surface area contributed by atoms with Gasteiger partial charge in [0.15, 0.2) is 12.6 Å². The average molecular weight is 941 g/mol. The van der Waals surface area contributed by atoms with Crippen LogP contribution in [0.1, 0.15) is 23.7 Å². The van der Waals surface area contributed by atoms with E-state index in [0.29, 0.717) is 11.1 Å². The SMILES string of the molecule is C[Si](C)(C)[C]([In])([Si](C)(C)C)[Si](C)(C)C.C[Si](C)(C)[C]([In])([Si](C)(C)C)[Si](C)(C)C.OC(O)c1ccccc1.OC(O)c1ccccc1. The van der Waals surface area contributed by atoms with Crippen LogP contribution in [0, 0.1) is 0 Å². The molecule has 46 heavy (non-hydrogen) atoms. The Bertz CT molecular complexity index is 962. The Kier molecular flexibility index (Phi) is 20.1. The van der Waals surface area contributed by atoms with Crippen LogP contribution in [0.5, 0.6) is 0 Å². The van der Waals surface area contributed by atoms with E-state index >= 15 is 0 Å². The first-order valence-electron chi connectivity index (χ1n) is 16.5. The predicted molar refractivity (Wildman–Crippen MR) is 224 cm³/mol. The minimum Gasteiger partial charge on any atom is -0.364 e. The summed E-state index contributed by atoms with van der Waals surface area (Å²) in [4.78, 5) is 0. The molecule has 0 unspecified atom stereocenters. The maximum atomic E-state index is 8.58. The molecule has 12 heteroatoms. The van der Waals surface area contributed by atoms with Gasteiger partial charge in [0.1, 0.15) is 0 Å². The molecule has 0 bridgehead atoms. The second-order valence-electron chi connectivity index (χ2n) is 18.7. The van der Waals surface area contributed by atoms with Crippen LogP contribution in [-0.2, 0) is 0 Å². The van der Waals surface area contributed by atoms with Crippen molar-refractivity contribution in [2.75, 3.05) is 0 Å². The summed E-state index contributed by atoms with van der Waals surface area (Å²) in [6, 6.07) is 17.3. The van der Waals surface area contributed by atoms with Gasteiger partial charge in [0.2, 0.25) is 0 Å². The molecule has 0 atom stereocenters. The van der Waals surface area contributed by atoms with Gasteiger partial charge in [0.25, 0.3) is 0 Å². The first kappa shape index (κ1) is 49.4. The molecule has 0 aliphatic heterocycles. The second-order valence-corrected chi connectivity index (χ2v) is 68.2. The van der Waals surface area contributed by atoms with Gasteiger partial charge in [0, 0.05) is 11.1 Å². The van der Waals surface area contributed by atoms with Crippen LogP contribution in [0.3, 0.4) is 0 Å². The minimum absolute atomic E-state index is 0.525. The molecule has 2 aromatic carbocycles. The summed E-state index contributed by atoms with van der Waals surface area (Å²) in [5.74, 6) is 0. The number of hydrogen-bond donors (Lipinski definition) is 4. The molecule has 0 saturated heterocycles. The number of rotatable bonds is 8. The van der Waals surface area contributed by atoms with Crippen molar-refractivity contribution in [2.45, 2.75) is 135 Å². The van der Waals surface area contributed by atoms with Gasteiger partial charge >= 0.3 is 219 Å². The zero-order valence-corrected chi connectivity index (χ0v) is 45.5. The fourth-order valence-corrected chi connectivity index (χ4v) is 62.0. The number of aliphatic hydroxyl groups is 4. The molecule has 0 fully saturated rings. The van der Waals surface area contributed by atoms with Gasteiger partial charge in [-0.05, 0) is 0 Å². The third kappa shape index (κ3) is 14.1. The standard InChI is InChI=1S/2C10H27Si3.2C7H8O2.2In/c2*1-11(2,3)10(12(4,5)6)13(7,8)9;2*8-7(9)6-4-2-1-3-5-6;;/h2*1-9H3;2*1-5,7-9H;;. The van der Waals surface area contributed by atoms with Crippen molar-refractivity contribution in [3.05, 3.63) is 71.8 Å². The molecule has 0 saturated carbocycles. The van der Waals surface area contributed by atoms with Gasteiger partial charge in [-0.3, -0.25) is 0 Å². The third-order valence-electron chi connectivity index (χ3n) is 9.29. The van der Waals surface area contributed by atoms with Gasteiger partial charge in [-0.2, -0.15) is 0 Å². The van der Waals surface area contributed by atoms with Crippen molar-refractivity contribution in [3.63, 3.8) is 0 Å². The largest absolute Gasteiger partial charge is 0.364 e. The second kappa shape index (κ2) is 18.7. The molecule has 4 nitrogen and oxygen atoms in total. The molecular formula is C34H70In2O4Si6. The van der Waals surface area contributed by atoms with E-state index in [-0.39, 0.29) is 0 Å².